The highest BCUT2D eigenvalue weighted by Crippen LogP contribution is 2.40. The van der Waals surface area contributed by atoms with Crippen LogP contribution in [0, 0.1) is 12.3 Å². The molecule has 0 spiro atoms. The van der Waals surface area contributed by atoms with E-state index in [4.69, 9.17) is 4.98 Å². The van der Waals surface area contributed by atoms with Crippen LogP contribution in [-0.2, 0) is 16.1 Å². The van der Waals surface area contributed by atoms with Gasteiger partial charge in [0.05, 0.1) is 11.8 Å². The number of aliphatic hydroxyl groups excluding tert-OH is 1. The van der Waals surface area contributed by atoms with Gasteiger partial charge in [0.15, 0.2) is 0 Å². The molecule has 37 heavy (non-hydrogen) atoms. The van der Waals surface area contributed by atoms with Gasteiger partial charge in [0, 0.05) is 56.0 Å². The van der Waals surface area contributed by atoms with E-state index in [0.717, 1.165) is 61.5 Å². The number of aromatic nitrogens is 4. The summed E-state index contributed by atoms with van der Waals surface area (Å²) >= 11 is 0. The van der Waals surface area contributed by atoms with E-state index in [9.17, 15) is 14.7 Å². The van der Waals surface area contributed by atoms with E-state index in [1.54, 1.807) is 4.68 Å². The number of likely N-dealkylation sites (tertiary alicyclic amines) is 1. The first-order valence-electron chi connectivity index (χ1n) is 13.5. The molecule has 2 saturated heterocycles. The van der Waals surface area contributed by atoms with Crippen molar-refractivity contribution in [3.8, 4) is 0 Å². The lowest BCUT2D eigenvalue weighted by Gasteiger charge is -2.34. The van der Waals surface area contributed by atoms with Crippen LogP contribution in [0.25, 0.3) is 0 Å². The van der Waals surface area contributed by atoms with Gasteiger partial charge >= 0.3 is 0 Å². The summed E-state index contributed by atoms with van der Waals surface area (Å²) < 4.78 is 1.65. The fourth-order valence-electron chi connectivity index (χ4n) is 5.54. The minimum atomic E-state index is -0.751. The molecule has 10 heteroatoms. The van der Waals surface area contributed by atoms with Gasteiger partial charge in [-0.25, -0.2) is 9.67 Å². The van der Waals surface area contributed by atoms with E-state index >= 15 is 0 Å². The van der Waals surface area contributed by atoms with Gasteiger partial charge in [-0.3, -0.25) is 9.59 Å². The maximum Gasteiger partial charge on any atom is 0.248 e. The second kappa shape index (κ2) is 10.0. The fourth-order valence-corrected chi connectivity index (χ4v) is 5.54. The molecule has 3 aliphatic rings. The molecule has 1 saturated carbocycles. The third-order valence-corrected chi connectivity index (χ3v) is 7.66. The highest BCUT2D eigenvalue weighted by Gasteiger charge is 2.45. The van der Waals surface area contributed by atoms with Crippen molar-refractivity contribution in [2.75, 3.05) is 24.5 Å². The van der Waals surface area contributed by atoms with E-state index in [1.165, 1.54) is 4.90 Å². The number of aryl methyl sites for hydroxylation is 1. The Morgan fingerprint density at radius 1 is 1.19 bits per heavy atom. The van der Waals surface area contributed by atoms with E-state index in [1.807, 2.05) is 46.0 Å². The summed E-state index contributed by atoms with van der Waals surface area (Å²) in [6, 6.07) is 2.60. The van der Waals surface area contributed by atoms with Crippen LogP contribution in [0.2, 0.25) is 0 Å². The average Bonchev–Trinajstić information content (AvgIpc) is 3.22. The lowest BCUT2D eigenvalue weighted by Crippen LogP contribution is -2.50. The summed E-state index contributed by atoms with van der Waals surface area (Å²) in [5.41, 5.74) is 2.36. The molecule has 200 valence electrons. The van der Waals surface area contributed by atoms with Crippen LogP contribution in [0.4, 0.5) is 5.82 Å². The smallest absolute Gasteiger partial charge is 0.248 e. The van der Waals surface area contributed by atoms with Crippen molar-refractivity contribution in [3.05, 3.63) is 35.3 Å². The van der Waals surface area contributed by atoms with E-state index in [2.05, 4.69) is 20.5 Å². The van der Waals surface area contributed by atoms with Crippen LogP contribution in [0.1, 0.15) is 81.8 Å². The molecule has 10 nitrogen and oxygen atoms in total. The highest BCUT2D eigenvalue weighted by atomic mass is 16.3. The first kappa shape index (κ1) is 25.6. The molecule has 0 aromatic carbocycles. The number of carbonyl (C=O) groups excluding carboxylic acids is 2. The van der Waals surface area contributed by atoms with Gasteiger partial charge < -0.3 is 20.2 Å². The van der Waals surface area contributed by atoms with E-state index < -0.39 is 23.6 Å². The van der Waals surface area contributed by atoms with Crippen LogP contribution in [0.15, 0.2) is 18.3 Å². The van der Waals surface area contributed by atoms with Gasteiger partial charge in [-0.2, -0.15) is 0 Å². The lowest BCUT2D eigenvalue weighted by molar-refractivity contribution is -0.144. The minimum absolute atomic E-state index is 0.124. The molecule has 5 rings (SSSR count). The van der Waals surface area contributed by atoms with Gasteiger partial charge in [0.1, 0.15) is 17.9 Å². The number of nitrogens with zero attached hydrogens (tertiary/aromatic N) is 6. The molecular weight excluding hydrogens is 470 g/mol. The number of carbonyl (C=O) groups is 2. The number of rotatable bonds is 7. The molecule has 0 radical (unpaired) electrons. The van der Waals surface area contributed by atoms with Crippen molar-refractivity contribution in [1.82, 2.24) is 30.2 Å². The molecule has 4 heterocycles. The summed E-state index contributed by atoms with van der Waals surface area (Å²) in [4.78, 5) is 35.9. The number of anilines is 1. The summed E-state index contributed by atoms with van der Waals surface area (Å²) in [5, 5.41) is 22.1. The quantitative estimate of drug-likeness (QED) is 0.588. The molecular formula is C27H39N7O3. The van der Waals surface area contributed by atoms with Gasteiger partial charge in [-0.1, -0.05) is 32.1 Å². The third-order valence-electron chi connectivity index (χ3n) is 7.66. The zero-order valence-electron chi connectivity index (χ0n) is 22.4. The van der Waals surface area contributed by atoms with Gasteiger partial charge in [0.25, 0.3) is 0 Å². The van der Waals surface area contributed by atoms with Crippen molar-refractivity contribution in [2.45, 2.75) is 90.4 Å². The van der Waals surface area contributed by atoms with E-state index in [0.29, 0.717) is 12.5 Å². The molecule has 2 aromatic heterocycles. The van der Waals surface area contributed by atoms with Crippen molar-refractivity contribution in [3.63, 3.8) is 0 Å². The number of amides is 2. The van der Waals surface area contributed by atoms with Crippen LogP contribution >= 0.6 is 0 Å². The Balaban J connectivity index is 1.32. The molecule has 2 aromatic rings. The third kappa shape index (κ3) is 5.49. The molecule has 2 N–H and O–H groups in total. The highest BCUT2D eigenvalue weighted by molar-refractivity contribution is 5.90. The number of nitrogens with one attached hydrogen (secondary N) is 1. The lowest BCUT2D eigenvalue weighted by atomic mass is 9.85. The normalized spacial score (nSPS) is 22.9. The summed E-state index contributed by atoms with van der Waals surface area (Å²) in [5.74, 6) is 0.870. The Hall–Kier alpha value is -3.01. The number of pyridine rings is 1. The molecule has 3 atom stereocenters. The SMILES string of the molecule is Cc1ccc(CNC(=O)[C@@H]2C[C@@H](O)CN2C(=O)[C@@H](n2cc(C3CC3)nn2)C(C)(C)C)c(N2CCCC2)n1. The molecule has 3 fully saturated rings. The molecule has 0 bridgehead atoms. The van der Waals surface area contributed by atoms with Crippen molar-refractivity contribution in [2.24, 2.45) is 5.41 Å². The van der Waals surface area contributed by atoms with Crippen LogP contribution in [0.3, 0.4) is 0 Å². The maximum atomic E-state index is 13.9. The molecule has 2 aliphatic heterocycles. The zero-order valence-corrected chi connectivity index (χ0v) is 22.4. The van der Waals surface area contributed by atoms with Crippen molar-refractivity contribution >= 4 is 17.6 Å². The molecule has 1 aliphatic carbocycles. The topological polar surface area (TPSA) is 116 Å². The van der Waals surface area contributed by atoms with Gasteiger partial charge in [-0.15, -0.1) is 5.10 Å². The monoisotopic (exact) mass is 509 g/mol. The fraction of sp³-hybridized carbons (Fsp3) is 0.667. The molecule has 0 unspecified atom stereocenters. The number of β-amino-alcohol motifs (C(OH)–C–C–N with tert-alkyl or cyclic N) is 1. The number of hydrogen-bond acceptors (Lipinski definition) is 7. The van der Waals surface area contributed by atoms with Gasteiger partial charge in [-0.05, 0) is 44.1 Å². The minimum Gasteiger partial charge on any atom is -0.391 e. The van der Waals surface area contributed by atoms with Crippen molar-refractivity contribution in [1.29, 1.82) is 0 Å². The Labute approximate surface area is 218 Å². The largest absolute Gasteiger partial charge is 0.391 e. The standard InChI is InChI=1S/C27H39N7O3/c1-17-7-8-19(24(29-17)32-11-5-6-12-32)14-28-25(36)22-13-20(35)15-33(22)26(37)23(27(2,3)4)34-16-21(30-31-34)18-9-10-18/h7-8,16,18,20,22-23,35H,5-6,9-15H2,1-4H3,(H,28,36)/t20-,22+,23-/m1/s1. The Kier molecular flexibility index (Phi) is 6.95. The number of aliphatic hydroxyl groups is 1. The van der Waals surface area contributed by atoms with Gasteiger partial charge in [0.2, 0.25) is 11.8 Å². The Bertz CT molecular complexity index is 1150. The predicted molar refractivity (Wildman–Crippen MR) is 139 cm³/mol. The summed E-state index contributed by atoms with van der Waals surface area (Å²) in [7, 11) is 0. The van der Waals surface area contributed by atoms with Crippen LogP contribution in [0.5, 0.6) is 0 Å². The average molecular weight is 510 g/mol. The van der Waals surface area contributed by atoms with Crippen LogP contribution < -0.4 is 10.2 Å². The predicted octanol–water partition coefficient (Wildman–Crippen LogP) is 2.32. The summed E-state index contributed by atoms with van der Waals surface area (Å²) in [6.07, 6.45) is 5.82. The molecule has 2 amide bonds. The Morgan fingerprint density at radius 3 is 2.59 bits per heavy atom. The second-order valence-corrected chi connectivity index (χ2v) is 11.9. The Morgan fingerprint density at radius 2 is 1.92 bits per heavy atom. The number of hydrogen-bond donors (Lipinski definition) is 2. The first-order chi connectivity index (χ1) is 17.6. The maximum absolute atomic E-state index is 13.9. The first-order valence-corrected chi connectivity index (χ1v) is 13.5. The van der Waals surface area contributed by atoms with Crippen molar-refractivity contribution < 1.29 is 14.7 Å². The van der Waals surface area contributed by atoms with E-state index in [-0.39, 0.29) is 24.8 Å². The summed E-state index contributed by atoms with van der Waals surface area (Å²) in [6.45, 7) is 10.3. The zero-order chi connectivity index (χ0) is 26.3. The second-order valence-electron chi connectivity index (χ2n) is 11.9. The van der Waals surface area contributed by atoms with Crippen LogP contribution in [-0.4, -0.2) is 73.6 Å².